The molecule has 4 aromatic rings. The Labute approximate surface area is 239 Å². The maximum absolute atomic E-state index is 14.9. The van der Waals surface area contributed by atoms with Crippen LogP contribution >= 0.6 is 0 Å². The van der Waals surface area contributed by atoms with Gasteiger partial charge in [-0.1, -0.05) is 12.1 Å². The molecular weight excluding hydrogens is 587 g/mol. The molecule has 1 atom stereocenters. The van der Waals surface area contributed by atoms with Crippen molar-refractivity contribution in [3.05, 3.63) is 124 Å². The second kappa shape index (κ2) is 11.5. The van der Waals surface area contributed by atoms with Gasteiger partial charge in [0.2, 0.25) is 0 Å². The summed E-state index contributed by atoms with van der Waals surface area (Å²) in [5.74, 6) is -9.12. The summed E-state index contributed by atoms with van der Waals surface area (Å²) in [6.07, 6.45) is -2.01. The molecule has 1 unspecified atom stereocenters. The first-order valence-electron chi connectivity index (χ1n) is 12.5. The van der Waals surface area contributed by atoms with Gasteiger partial charge in [-0.05, 0) is 71.7 Å². The van der Waals surface area contributed by atoms with Crippen molar-refractivity contribution in [1.29, 1.82) is 0 Å². The highest BCUT2D eigenvalue weighted by Crippen LogP contribution is 2.39. The van der Waals surface area contributed by atoms with E-state index in [0.29, 0.717) is 35.9 Å². The predicted molar refractivity (Wildman–Crippen MR) is 141 cm³/mol. The van der Waals surface area contributed by atoms with Crippen LogP contribution in [0.1, 0.15) is 29.8 Å². The smallest absolute Gasteiger partial charge is 0.429 e. The summed E-state index contributed by atoms with van der Waals surface area (Å²) in [6, 6.07) is 8.16. The molecule has 0 saturated heterocycles. The van der Waals surface area contributed by atoms with E-state index in [2.05, 4.69) is 15.0 Å². The SMILES string of the molecule is CC1=CNC(c2ccc(-c3cc(F)c(C(F)(F)Oc4ccc(-c5cc(F)c(CF)c(F)c5)c(F)c4)c(F)c3)c(F)c2)N=C1. The Morgan fingerprint density at radius 2 is 1.30 bits per heavy atom. The van der Waals surface area contributed by atoms with E-state index in [4.69, 9.17) is 0 Å². The van der Waals surface area contributed by atoms with Crippen molar-refractivity contribution < 1.29 is 44.3 Å². The number of hydrogen-bond donors (Lipinski definition) is 1. The molecule has 0 fully saturated rings. The zero-order valence-corrected chi connectivity index (χ0v) is 22.0. The molecule has 0 bridgehead atoms. The molecule has 0 aliphatic carbocycles. The average Bonchev–Trinajstić information content (AvgIpc) is 2.92. The van der Waals surface area contributed by atoms with Gasteiger partial charge in [0.05, 0.1) is 5.56 Å². The maximum atomic E-state index is 14.9. The van der Waals surface area contributed by atoms with E-state index < -0.39 is 76.3 Å². The number of hydrogen-bond acceptors (Lipinski definition) is 3. The number of halogens is 9. The zero-order valence-electron chi connectivity index (χ0n) is 22.0. The molecule has 43 heavy (non-hydrogen) atoms. The van der Waals surface area contributed by atoms with Crippen molar-refractivity contribution in [1.82, 2.24) is 5.32 Å². The third-order valence-electron chi connectivity index (χ3n) is 6.62. The lowest BCUT2D eigenvalue weighted by molar-refractivity contribution is -0.189. The highest BCUT2D eigenvalue weighted by Gasteiger charge is 2.41. The van der Waals surface area contributed by atoms with E-state index in [0.717, 1.165) is 23.8 Å². The van der Waals surface area contributed by atoms with Crippen molar-refractivity contribution in [2.24, 2.45) is 4.99 Å². The highest BCUT2D eigenvalue weighted by molar-refractivity contribution is 5.78. The van der Waals surface area contributed by atoms with Gasteiger partial charge in [-0.2, -0.15) is 8.78 Å². The van der Waals surface area contributed by atoms with Crippen LogP contribution in [0.3, 0.4) is 0 Å². The largest absolute Gasteiger partial charge is 0.432 e. The molecule has 0 saturated carbocycles. The number of ether oxygens (including phenoxy) is 1. The number of aliphatic imine (C=N–C) groups is 1. The van der Waals surface area contributed by atoms with Gasteiger partial charge in [0.25, 0.3) is 0 Å². The van der Waals surface area contributed by atoms with E-state index in [-0.39, 0.29) is 16.7 Å². The molecule has 12 heteroatoms. The van der Waals surface area contributed by atoms with Gasteiger partial charge in [-0.25, -0.2) is 30.7 Å². The molecule has 3 nitrogen and oxygen atoms in total. The number of nitrogens with one attached hydrogen (secondary N) is 1. The van der Waals surface area contributed by atoms with Crippen LogP contribution in [-0.4, -0.2) is 6.21 Å². The van der Waals surface area contributed by atoms with Gasteiger partial charge in [0.1, 0.15) is 59.1 Å². The van der Waals surface area contributed by atoms with Crippen LogP contribution in [0.5, 0.6) is 5.75 Å². The molecule has 0 amide bonds. The minimum absolute atomic E-state index is 0.270. The molecule has 222 valence electrons. The van der Waals surface area contributed by atoms with Crippen LogP contribution in [0.15, 0.2) is 77.4 Å². The molecule has 1 heterocycles. The van der Waals surface area contributed by atoms with Crippen molar-refractivity contribution >= 4 is 6.21 Å². The quantitative estimate of drug-likeness (QED) is 0.213. The first kappa shape index (κ1) is 29.7. The number of benzene rings is 4. The third-order valence-corrected chi connectivity index (χ3v) is 6.62. The zero-order chi connectivity index (χ0) is 31.1. The average molecular weight is 606 g/mol. The van der Waals surface area contributed by atoms with Gasteiger partial charge in [-0.15, -0.1) is 0 Å². The Hall–Kier alpha value is -4.74. The molecule has 5 rings (SSSR count). The minimum Gasteiger partial charge on any atom is -0.429 e. The van der Waals surface area contributed by atoms with Crippen LogP contribution in [0, 0.1) is 34.9 Å². The minimum atomic E-state index is -4.67. The molecule has 0 radical (unpaired) electrons. The monoisotopic (exact) mass is 606 g/mol. The maximum Gasteiger partial charge on any atom is 0.432 e. The summed E-state index contributed by atoms with van der Waals surface area (Å²) in [5.41, 5.74) is -2.86. The van der Waals surface area contributed by atoms with Gasteiger partial charge >= 0.3 is 6.11 Å². The number of alkyl halides is 3. The van der Waals surface area contributed by atoms with Gasteiger partial charge < -0.3 is 10.1 Å². The van der Waals surface area contributed by atoms with Gasteiger partial charge in [0.15, 0.2) is 0 Å². The van der Waals surface area contributed by atoms with Crippen LogP contribution in [0.2, 0.25) is 0 Å². The lowest BCUT2D eigenvalue weighted by Crippen LogP contribution is -2.25. The van der Waals surface area contributed by atoms with Crippen LogP contribution < -0.4 is 10.1 Å². The van der Waals surface area contributed by atoms with Crippen molar-refractivity contribution in [2.75, 3.05) is 0 Å². The molecule has 1 aliphatic rings. The van der Waals surface area contributed by atoms with Crippen molar-refractivity contribution in [3.63, 3.8) is 0 Å². The Morgan fingerprint density at radius 3 is 1.81 bits per heavy atom. The second-order valence-electron chi connectivity index (χ2n) is 9.60. The van der Waals surface area contributed by atoms with E-state index in [9.17, 15) is 39.5 Å². The Morgan fingerprint density at radius 1 is 0.744 bits per heavy atom. The molecule has 4 aromatic carbocycles. The Balaban J connectivity index is 1.39. The first-order valence-corrected chi connectivity index (χ1v) is 12.5. The fraction of sp³-hybridized carbons (Fsp3) is 0.129. The Bertz CT molecular complexity index is 1740. The molecule has 1 aliphatic heterocycles. The molecular formula is C31H19F9N2O. The summed E-state index contributed by atoms with van der Waals surface area (Å²) in [7, 11) is 0. The summed E-state index contributed by atoms with van der Waals surface area (Å²) < 4.78 is 134. The molecule has 1 N–H and O–H groups in total. The number of rotatable bonds is 7. The van der Waals surface area contributed by atoms with Crippen molar-refractivity contribution in [3.8, 4) is 28.0 Å². The fourth-order valence-electron chi connectivity index (χ4n) is 4.49. The lowest BCUT2D eigenvalue weighted by Gasteiger charge is -2.21. The summed E-state index contributed by atoms with van der Waals surface area (Å²) in [4.78, 5) is 4.21. The van der Waals surface area contributed by atoms with Gasteiger partial charge in [0, 0.05) is 29.6 Å². The molecule has 0 spiro atoms. The Kier molecular flexibility index (Phi) is 7.96. The lowest BCUT2D eigenvalue weighted by atomic mass is 9.99. The van der Waals surface area contributed by atoms with Crippen LogP contribution in [0.4, 0.5) is 39.5 Å². The normalized spacial score (nSPS) is 14.8. The first-order chi connectivity index (χ1) is 20.4. The summed E-state index contributed by atoms with van der Waals surface area (Å²) in [5, 5.41) is 2.95. The standard InChI is InChI=1S/C31H19F9N2O/c1-15-13-41-30(42-14-15)16-2-4-20(23(33)6-16)18-9-27(37)29(28(38)10-18)31(39,40)43-19-3-5-21(26(36)11-19)17-7-24(34)22(12-32)25(35)8-17/h2-11,13-14,30,41H,12H2,1H3. The summed E-state index contributed by atoms with van der Waals surface area (Å²) >= 11 is 0. The highest BCUT2D eigenvalue weighted by atomic mass is 19.3. The van der Waals surface area contributed by atoms with E-state index in [1.54, 1.807) is 19.3 Å². The topological polar surface area (TPSA) is 33.6 Å². The number of nitrogens with zero attached hydrogens (tertiary/aromatic N) is 1. The van der Waals surface area contributed by atoms with E-state index in [1.807, 2.05) is 0 Å². The molecule has 0 aromatic heterocycles. The van der Waals surface area contributed by atoms with E-state index in [1.165, 1.54) is 12.1 Å². The fourth-order valence-corrected chi connectivity index (χ4v) is 4.49. The van der Waals surface area contributed by atoms with Gasteiger partial charge in [-0.3, -0.25) is 4.99 Å². The third kappa shape index (κ3) is 5.95. The van der Waals surface area contributed by atoms with Crippen LogP contribution in [-0.2, 0) is 12.8 Å². The number of allylic oxidation sites excluding steroid dienone is 1. The summed E-state index contributed by atoms with van der Waals surface area (Å²) in [6.45, 7) is 0.360. The van der Waals surface area contributed by atoms with Crippen LogP contribution in [0.25, 0.3) is 22.3 Å². The second-order valence-corrected chi connectivity index (χ2v) is 9.60. The predicted octanol–water partition coefficient (Wildman–Crippen LogP) is 9.03. The van der Waals surface area contributed by atoms with E-state index >= 15 is 0 Å². The van der Waals surface area contributed by atoms with Crippen molar-refractivity contribution in [2.45, 2.75) is 25.9 Å².